The van der Waals surface area contributed by atoms with E-state index in [2.05, 4.69) is 9.97 Å². The first kappa shape index (κ1) is 18.7. The third kappa shape index (κ3) is 3.54. The predicted molar refractivity (Wildman–Crippen MR) is 104 cm³/mol. The molecule has 1 saturated heterocycles. The fraction of sp³-hybridized carbons (Fsp3) is 0.350. The molecule has 0 unspecified atom stereocenters. The number of fused-ring (bicyclic) bond motifs is 1. The van der Waals surface area contributed by atoms with Crippen LogP contribution in [0.4, 0.5) is 10.2 Å². The van der Waals surface area contributed by atoms with Gasteiger partial charge >= 0.3 is 5.97 Å². The molecule has 1 aliphatic rings. The van der Waals surface area contributed by atoms with Crippen molar-refractivity contribution >= 4 is 34.4 Å². The Morgan fingerprint density at radius 1 is 1.39 bits per heavy atom. The van der Waals surface area contributed by atoms with Gasteiger partial charge in [0.2, 0.25) is 0 Å². The number of benzene rings is 1. The Balaban J connectivity index is 1.65. The van der Waals surface area contributed by atoms with Gasteiger partial charge in [-0.25, -0.2) is 14.4 Å². The summed E-state index contributed by atoms with van der Waals surface area (Å²) in [6.07, 6.45) is 4.21. The zero-order valence-electron chi connectivity index (χ0n) is 15.3. The van der Waals surface area contributed by atoms with Crippen molar-refractivity contribution in [2.75, 3.05) is 24.6 Å². The van der Waals surface area contributed by atoms with Crippen LogP contribution in [0.15, 0.2) is 35.1 Å². The summed E-state index contributed by atoms with van der Waals surface area (Å²) in [4.78, 5) is 22.9. The Morgan fingerprint density at radius 3 is 2.93 bits per heavy atom. The summed E-state index contributed by atoms with van der Waals surface area (Å²) in [6.45, 7) is 3.41. The normalized spacial score (nSPS) is 15.2. The number of hydrogen-bond acceptors (Lipinski definition) is 6. The highest BCUT2D eigenvalue weighted by Gasteiger charge is 2.28. The van der Waals surface area contributed by atoms with Gasteiger partial charge in [-0.15, -0.1) is 0 Å². The molecule has 0 spiro atoms. The Bertz CT molecular complexity index is 1020. The molecule has 1 fully saturated rings. The highest BCUT2D eigenvalue weighted by atomic mass is 35.5. The topological polar surface area (TPSA) is 68.5 Å². The van der Waals surface area contributed by atoms with E-state index in [0.717, 1.165) is 0 Å². The quantitative estimate of drug-likeness (QED) is 0.599. The number of carbonyl (C=O) groups excluding carboxylic acids is 1. The summed E-state index contributed by atoms with van der Waals surface area (Å²) in [5.74, 6) is -0.156. The number of nitrogens with zero attached hydrogens (tertiary/aromatic N) is 3. The molecule has 1 aliphatic heterocycles. The zero-order chi connectivity index (χ0) is 19.7. The Kier molecular flexibility index (Phi) is 5.17. The molecule has 0 bridgehead atoms. The first-order valence-electron chi connectivity index (χ1n) is 9.18. The van der Waals surface area contributed by atoms with Crippen LogP contribution in [0.3, 0.4) is 0 Å². The van der Waals surface area contributed by atoms with Crippen LogP contribution in [-0.2, 0) is 9.53 Å². The van der Waals surface area contributed by atoms with Crippen LogP contribution in [0.5, 0.6) is 0 Å². The van der Waals surface area contributed by atoms with Gasteiger partial charge in [-0.05, 0) is 38.0 Å². The molecule has 2 aromatic heterocycles. The van der Waals surface area contributed by atoms with Crippen molar-refractivity contribution in [1.82, 2.24) is 9.97 Å². The average molecular weight is 404 g/mol. The number of furan rings is 1. The fourth-order valence-electron chi connectivity index (χ4n) is 3.54. The summed E-state index contributed by atoms with van der Waals surface area (Å²) < 4.78 is 24.7. The molecule has 8 heteroatoms. The number of carbonyl (C=O) groups is 1. The van der Waals surface area contributed by atoms with Crippen LogP contribution in [0, 0.1) is 11.7 Å². The molecule has 28 heavy (non-hydrogen) atoms. The van der Waals surface area contributed by atoms with Crippen molar-refractivity contribution in [3.05, 3.63) is 41.6 Å². The van der Waals surface area contributed by atoms with E-state index in [1.807, 2.05) is 11.0 Å². The second-order valence-electron chi connectivity index (χ2n) is 6.68. The van der Waals surface area contributed by atoms with Gasteiger partial charge in [-0.3, -0.25) is 4.79 Å². The number of ether oxygens (including phenoxy) is 1. The summed E-state index contributed by atoms with van der Waals surface area (Å²) in [6, 6.07) is 4.91. The fourth-order valence-corrected chi connectivity index (χ4v) is 3.67. The molecule has 3 aromatic rings. The van der Waals surface area contributed by atoms with E-state index >= 15 is 0 Å². The molecule has 0 radical (unpaired) electrons. The second kappa shape index (κ2) is 7.75. The van der Waals surface area contributed by atoms with E-state index < -0.39 is 5.82 Å². The highest BCUT2D eigenvalue weighted by molar-refractivity contribution is 6.29. The maximum absolute atomic E-state index is 14.4. The standard InChI is InChI=1S/C20H19ClFN3O3/c1-2-27-20(26)12-3-6-25(7-4-12)19-17(23-11-16(21)24-19)14-9-13-5-8-28-18(13)15(22)10-14/h5,8-12H,2-4,6-7H2,1H3. The Labute approximate surface area is 166 Å². The van der Waals surface area contributed by atoms with Gasteiger partial charge in [0.25, 0.3) is 0 Å². The molecular weight excluding hydrogens is 385 g/mol. The predicted octanol–water partition coefficient (Wildman–Crippen LogP) is 4.46. The van der Waals surface area contributed by atoms with Crippen molar-refractivity contribution in [2.45, 2.75) is 19.8 Å². The molecule has 0 aliphatic carbocycles. The van der Waals surface area contributed by atoms with Gasteiger partial charge in [0.05, 0.1) is 25.0 Å². The molecule has 0 atom stereocenters. The highest BCUT2D eigenvalue weighted by Crippen LogP contribution is 2.34. The summed E-state index contributed by atoms with van der Waals surface area (Å²) in [5.41, 5.74) is 1.35. The molecule has 3 heterocycles. The minimum atomic E-state index is -0.457. The van der Waals surface area contributed by atoms with Crippen LogP contribution < -0.4 is 4.90 Å². The van der Waals surface area contributed by atoms with Crippen LogP contribution in [0.1, 0.15) is 19.8 Å². The van der Waals surface area contributed by atoms with Gasteiger partial charge in [-0.2, -0.15) is 0 Å². The largest absolute Gasteiger partial charge is 0.466 e. The van der Waals surface area contributed by atoms with Crippen LogP contribution in [-0.4, -0.2) is 35.6 Å². The maximum Gasteiger partial charge on any atom is 0.309 e. The van der Waals surface area contributed by atoms with E-state index in [1.165, 1.54) is 18.5 Å². The van der Waals surface area contributed by atoms with E-state index in [4.69, 9.17) is 20.8 Å². The van der Waals surface area contributed by atoms with E-state index in [-0.39, 0.29) is 22.6 Å². The third-order valence-electron chi connectivity index (χ3n) is 4.92. The molecule has 1 aromatic carbocycles. The number of hydrogen-bond donors (Lipinski definition) is 0. The number of aromatic nitrogens is 2. The van der Waals surface area contributed by atoms with Crippen molar-refractivity contribution in [3.8, 4) is 11.3 Å². The lowest BCUT2D eigenvalue weighted by atomic mass is 9.96. The van der Waals surface area contributed by atoms with Gasteiger partial charge in [-0.1, -0.05) is 11.6 Å². The smallest absolute Gasteiger partial charge is 0.309 e. The second-order valence-corrected chi connectivity index (χ2v) is 7.06. The lowest BCUT2D eigenvalue weighted by Gasteiger charge is -2.32. The first-order chi connectivity index (χ1) is 13.6. The molecule has 0 amide bonds. The third-order valence-corrected chi connectivity index (χ3v) is 5.10. The van der Waals surface area contributed by atoms with E-state index in [9.17, 15) is 9.18 Å². The summed E-state index contributed by atoms with van der Waals surface area (Å²) in [7, 11) is 0. The van der Waals surface area contributed by atoms with Gasteiger partial charge in [0.1, 0.15) is 10.8 Å². The van der Waals surface area contributed by atoms with E-state index in [0.29, 0.717) is 55.0 Å². The maximum atomic E-state index is 14.4. The number of esters is 1. The minimum Gasteiger partial charge on any atom is -0.466 e. The van der Waals surface area contributed by atoms with Crippen molar-refractivity contribution in [2.24, 2.45) is 5.92 Å². The van der Waals surface area contributed by atoms with Crippen LogP contribution >= 0.6 is 11.6 Å². The summed E-state index contributed by atoms with van der Waals surface area (Å²) in [5, 5.41) is 0.912. The lowest BCUT2D eigenvalue weighted by Crippen LogP contribution is -2.37. The average Bonchev–Trinajstić information content (AvgIpc) is 3.17. The van der Waals surface area contributed by atoms with Crippen LogP contribution in [0.2, 0.25) is 5.15 Å². The van der Waals surface area contributed by atoms with Crippen LogP contribution in [0.25, 0.3) is 22.2 Å². The van der Waals surface area contributed by atoms with Gasteiger partial charge in [0.15, 0.2) is 17.2 Å². The molecular formula is C20H19ClFN3O3. The SMILES string of the molecule is CCOC(=O)C1CCN(c2nc(Cl)cnc2-c2cc(F)c3occc3c2)CC1. The molecule has 146 valence electrons. The Morgan fingerprint density at radius 2 is 2.18 bits per heavy atom. The number of rotatable bonds is 4. The summed E-state index contributed by atoms with van der Waals surface area (Å²) >= 11 is 6.09. The van der Waals surface area contributed by atoms with Crippen molar-refractivity contribution in [1.29, 1.82) is 0 Å². The van der Waals surface area contributed by atoms with E-state index in [1.54, 1.807) is 13.0 Å². The van der Waals surface area contributed by atoms with Crippen molar-refractivity contribution < 1.29 is 18.3 Å². The number of piperidine rings is 1. The lowest BCUT2D eigenvalue weighted by molar-refractivity contribution is -0.148. The van der Waals surface area contributed by atoms with Gasteiger partial charge < -0.3 is 14.1 Å². The van der Waals surface area contributed by atoms with Gasteiger partial charge in [0, 0.05) is 24.0 Å². The Hall–Kier alpha value is -2.67. The number of anilines is 1. The zero-order valence-corrected chi connectivity index (χ0v) is 16.1. The first-order valence-corrected chi connectivity index (χ1v) is 9.56. The monoisotopic (exact) mass is 403 g/mol. The molecule has 6 nitrogen and oxygen atoms in total. The van der Waals surface area contributed by atoms with Crippen molar-refractivity contribution in [3.63, 3.8) is 0 Å². The minimum absolute atomic E-state index is 0.119. The molecule has 4 rings (SSSR count). The molecule has 0 N–H and O–H groups in total. The molecule has 0 saturated carbocycles. The number of halogens is 2.